The highest BCUT2D eigenvalue weighted by Gasteiger charge is 2.43. The van der Waals surface area contributed by atoms with Crippen LogP contribution < -0.4 is 28.4 Å². The maximum atomic E-state index is 13.3. The van der Waals surface area contributed by atoms with Gasteiger partial charge in [0.25, 0.3) is 5.56 Å². The average Bonchev–Trinajstić information content (AvgIpc) is 3.62. The Bertz CT molecular complexity index is 1850. The zero-order valence-electron chi connectivity index (χ0n) is 28.9. The molecule has 288 valence electrons. The molecule has 2 aliphatic heterocycles. The number of hydrogen-bond acceptors (Lipinski definition) is 18. The van der Waals surface area contributed by atoms with Gasteiger partial charge in [0.05, 0.1) is 44.2 Å². The van der Waals surface area contributed by atoms with Gasteiger partial charge >= 0.3 is 34.2 Å². The molecule has 0 aromatic carbocycles. The summed E-state index contributed by atoms with van der Waals surface area (Å²) in [6, 6.07) is 0.425. The Morgan fingerprint density at radius 2 is 1.61 bits per heavy atom. The summed E-state index contributed by atoms with van der Waals surface area (Å²) in [5, 5.41) is 9.80. The van der Waals surface area contributed by atoms with Crippen molar-refractivity contribution in [2.45, 2.75) is 75.7 Å². The van der Waals surface area contributed by atoms with E-state index in [1.54, 1.807) is 0 Å². The second-order valence-corrected chi connectivity index (χ2v) is 18.4. The fraction of sp³-hybridized carbons (Fsp3) is 0.704. The van der Waals surface area contributed by atoms with E-state index >= 15 is 0 Å². The fourth-order valence-electron chi connectivity index (χ4n) is 5.27. The minimum atomic E-state index is -3.87. The van der Waals surface area contributed by atoms with Crippen LogP contribution in [0.5, 0.6) is 0 Å². The summed E-state index contributed by atoms with van der Waals surface area (Å²) in [7, 11) is -10.0. The number of aryl methyl sites for hydroxylation is 1. The summed E-state index contributed by atoms with van der Waals surface area (Å²) in [6.45, 7) is 5.40. The van der Waals surface area contributed by atoms with Crippen LogP contribution in [0.15, 0.2) is 32.8 Å². The normalized spacial score (nSPS) is 28.5. The molecule has 2 aromatic heterocycles. The molecular weight excluding hydrogens is 741 g/mol. The zero-order valence-corrected chi connectivity index (χ0v) is 31.6. The molecule has 2 fully saturated rings. The second-order valence-electron chi connectivity index (χ2n) is 12.3. The quantitative estimate of drug-likeness (QED) is 0.162. The van der Waals surface area contributed by atoms with E-state index < -0.39 is 95.4 Å². The van der Waals surface area contributed by atoms with E-state index in [9.17, 15) is 33.2 Å². The second kappa shape index (κ2) is 16.8. The number of aliphatic hydroxyl groups is 1. The first kappa shape index (κ1) is 41.4. The Kier molecular flexibility index (Phi) is 13.6. The van der Waals surface area contributed by atoms with Crippen LogP contribution >= 0.6 is 22.8 Å². The predicted molar refractivity (Wildman–Crippen MR) is 181 cm³/mol. The monoisotopic (exact) mass is 786 g/mol. The number of nitrogens with two attached hydrogens (primary N) is 2. The maximum absolute atomic E-state index is 13.3. The molecule has 0 amide bonds. The van der Waals surface area contributed by atoms with Gasteiger partial charge in [-0.1, -0.05) is 0 Å². The largest absolute Gasteiger partial charge is 0.394 e. The van der Waals surface area contributed by atoms with Gasteiger partial charge in [0, 0.05) is 57.9 Å². The van der Waals surface area contributed by atoms with Crippen LogP contribution in [-0.2, 0) is 50.3 Å². The van der Waals surface area contributed by atoms with E-state index in [4.69, 9.17) is 48.1 Å². The first-order chi connectivity index (χ1) is 23.7. The molecule has 2 aliphatic rings. The van der Waals surface area contributed by atoms with Crippen molar-refractivity contribution in [1.82, 2.24) is 19.1 Å². The number of nitrogen functional groups attached to an aromatic ring is 1. The van der Waals surface area contributed by atoms with Crippen LogP contribution in [0.3, 0.4) is 0 Å². The van der Waals surface area contributed by atoms with E-state index in [0.29, 0.717) is 0 Å². The Morgan fingerprint density at radius 3 is 2.24 bits per heavy atom. The average molecular weight is 787 g/mol. The van der Waals surface area contributed by atoms with Crippen molar-refractivity contribution >= 4 is 28.6 Å². The summed E-state index contributed by atoms with van der Waals surface area (Å²) < 4.78 is 86.2. The summed E-state index contributed by atoms with van der Waals surface area (Å²) in [4.78, 5) is 42.4. The number of aromatic amines is 1. The molecule has 4 rings (SSSR count). The van der Waals surface area contributed by atoms with Gasteiger partial charge in [0.15, 0.2) is 0 Å². The third-order valence-electron chi connectivity index (χ3n) is 8.08. The van der Waals surface area contributed by atoms with Gasteiger partial charge in [-0.25, -0.2) is 9.59 Å². The van der Waals surface area contributed by atoms with Crippen molar-refractivity contribution in [1.29, 1.82) is 0 Å². The summed E-state index contributed by atoms with van der Waals surface area (Å²) in [5.74, 6) is 0.0253. The van der Waals surface area contributed by atoms with Crippen molar-refractivity contribution in [3.8, 4) is 0 Å². The van der Waals surface area contributed by atoms with E-state index in [-0.39, 0.29) is 37.4 Å². The minimum Gasteiger partial charge on any atom is -0.394 e. The predicted octanol–water partition coefficient (Wildman–Crippen LogP) is 0.903. The van der Waals surface area contributed by atoms with Crippen LogP contribution in [0.2, 0.25) is 0 Å². The molecule has 2 saturated heterocycles. The zero-order chi connectivity index (χ0) is 37.9. The summed E-state index contributed by atoms with van der Waals surface area (Å²) in [6.07, 6.45) is -3.82. The lowest BCUT2D eigenvalue weighted by molar-refractivity contribution is -0.0440. The van der Waals surface area contributed by atoms with Gasteiger partial charge in [-0.2, -0.15) is 4.98 Å². The van der Waals surface area contributed by atoms with Crippen LogP contribution in [0.4, 0.5) is 5.82 Å². The van der Waals surface area contributed by atoms with Gasteiger partial charge in [0.1, 0.15) is 30.5 Å². The molecule has 2 aromatic rings. The number of rotatable bonds is 17. The van der Waals surface area contributed by atoms with Crippen molar-refractivity contribution in [2.24, 2.45) is 5.73 Å². The van der Waals surface area contributed by atoms with Gasteiger partial charge < -0.3 is 53.2 Å². The standard InChI is InChI=1S/C27H45N6O15P3/c1-15-11-33(27(37)31-25(15)35)24-10-19(47-49(4,38)41-3)21(45-24)14-43-50(5,39)46-16(2)17(28)13-42-51(6,40)48-18-9-23(44-20(18)12-34)32-8-7-22(29)30-26(32)36/h7-8,11,16-21,23-24,34H,9-10,12-14,28H2,1-6H3,(H2,29,30,36)(H,31,35,37)/t16?,17?,18-,19-,20+,21+,23+,24+,49?,50?,51?/m0/s1. The number of aromatic nitrogens is 4. The summed E-state index contributed by atoms with van der Waals surface area (Å²) in [5.41, 5.74) is 10.0. The highest BCUT2D eigenvalue weighted by Crippen LogP contribution is 2.51. The third-order valence-corrected chi connectivity index (χ3v) is 12.0. The third kappa shape index (κ3) is 11.1. The van der Waals surface area contributed by atoms with Gasteiger partial charge in [-0.3, -0.25) is 32.6 Å². The minimum absolute atomic E-state index is 0.0109. The molecule has 11 atom stereocenters. The Labute approximate surface area is 292 Å². The van der Waals surface area contributed by atoms with Crippen LogP contribution in [-0.4, -0.2) is 108 Å². The highest BCUT2D eigenvalue weighted by molar-refractivity contribution is 7.53. The number of aliphatic hydroxyl groups excluding tert-OH is 1. The number of nitrogens with one attached hydrogen (secondary N) is 1. The molecule has 0 bridgehead atoms. The van der Waals surface area contributed by atoms with E-state index in [1.807, 2.05) is 0 Å². The Hall–Kier alpha value is -2.35. The molecule has 21 nitrogen and oxygen atoms in total. The Morgan fingerprint density at radius 1 is 1.00 bits per heavy atom. The number of hydrogen-bond donors (Lipinski definition) is 4. The smallest absolute Gasteiger partial charge is 0.351 e. The highest BCUT2D eigenvalue weighted by atomic mass is 31.2. The fourth-order valence-corrected chi connectivity index (χ4v) is 8.52. The Balaban J connectivity index is 1.32. The molecule has 51 heavy (non-hydrogen) atoms. The number of ether oxygens (including phenoxy) is 2. The number of nitrogens with zero attached hydrogens (tertiary/aromatic N) is 3. The van der Waals surface area contributed by atoms with Gasteiger partial charge in [-0.15, -0.1) is 0 Å². The molecule has 5 unspecified atom stereocenters. The van der Waals surface area contributed by atoms with Crippen LogP contribution in [0, 0.1) is 6.92 Å². The lowest BCUT2D eigenvalue weighted by atomic mass is 10.2. The molecule has 0 radical (unpaired) electrons. The molecule has 6 N–H and O–H groups in total. The molecular formula is C27H45N6O15P3. The maximum Gasteiger partial charge on any atom is 0.351 e. The molecule has 0 aliphatic carbocycles. The molecule has 24 heteroatoms. The number of H-pyrrole nitrogens is 1. The lowest BCUT2D eigenvalue weighted by Gasteiger charge is -2.27. The van der Waals surface area contributed by atoms with Crippen molar-refractivity contribution in [2.75, 3.05) is 52.7 Å². The van der Waals surface area contributed by atoms with Gasteiger partial charge in [-0.05, 0) is 19.9 Å². The van der Waals surface area contributed by atoms with E-state index in [2.05, 4.69) is 9.97 Å². The van der Waals surface area contributed by atoms with Gasteiger partial charge in [0.2, 0.25) is 0 Å². The van der Waals surface area contributed by atoms with Crippen molar-refractivity contribution < 1.29 is 55.4 Å². The lowest BCUT2D eigenvalue weighted by Crippen LogP contribution is -2.38. The number of anilines is 1. The topological polar surface area (TPSA) is 287 Å². The summed E-state index contributed by atoms with van der Waals surface area (Å²) >= 11 is 0. The SMILES string of the molecule is COP(C)(=O)O[C@H]1C[C@H](n2cc(C)c(=O)[nH]c2=O)O[C@@H]1COP(C)(=O)OC(C)C(N)COP(C)(=O)O[C@H]1C[C@H](n2ccc(N)nc2=O)O[C@@H]1CO. The van der Waals surface area contributed by atoms with Crippen LogP contribution in [0.1, 0.15) is 37.8 Å². The van der Waals surface area contributed by atoms with Crippen molar-refractivity contribution in [3.63, 3.8) is 0 Å². The van der Waals surface area contributed by atoms with E-state index in [1.165, 1.54) is 64.0 Å². The van der Waals surface area contributed by atoms with E-state index in [0.717, 1.165) is 4.57 Å². The molecule has 4 heterocycles. The van der Waals surface area contributed by atoms with Crippen LogP contribution in [0.25, 0.3) is 0 Å². The first-order valence-electron chi connectivity index (χ1n) is 15.7. The first-order valence-corrected chi connectivity index (χ1v) is 21.7. The molecule has 0 saturated carbocycles. The molecule has 0 spiro atoms. The van der Waals surface area contributed by atoms with Crippen molar-refractivity contribution in [3.05, 3.63) is 55.3 Å².